The molecule has 0 aliphatic rings. The number of ether oxygens (including phenoxy) is 1. The summed E-state index contributed by atoms with van der Waals surface area (Å²) in [5, 5.41) is 6.48. The average molecular weight is 444 g/mol. The second kappa shape index (κ2) is 11.8. The zero-order chi connectivity index (χ0) is 16.3. The fraction of sp³-hybridized carbons (Fsp3) is 0.438. The van der Waals surface area contributed by atoms with Crippen LogP contribution < -0.4 is 10.6 Å². The van der Waals surface area contributed by atoms with Gasteiger partial charge < -0.3 is 15.4 Å². The first-order valence-corrected chi connectivity index (χ1v) is 7.86. The van der Waals surface area contributed by atoms with Crippen molar-refractivity contribution in [3.8, 4) is 5.82 Å². The Balaban J connectivity index is 0.00000288. The van der Waals surface area contributed by atoms with Crippen molar-refractivity contribution in [1.29, 1.82) is 0 Å². The summed E-state index contributed by atoms with van der Waals surface area (Å²) in [5.74, 6) is 1.62. The molecule has 24 heavy (non-hydrogen) atoms. The van der Waals surface area contributed by atoms with Crippen LogP contribution >= 0.6 is 24.0 Å². The van der Waals surface area contributed by atoms with Gasteiger partial charge in [-0.25, -0.2) is 15.0 Å². The maximum absolute atomic E-state index is 5.32. The Hall–Kier alpha value is -1.68. The molecule has 8 heteroatoms. The minimum Gasteiger partial charge on any atom is -0.380 e. The van der Waals surface area contributed by atoms with Crippen molar-refractivity contribution < 1.29 is 4.74 Å². The van der Waals surface area contributed by atoms with Crippen molar-refractivity contribution in [1.82, 2.24) is 25.2 Å². The number of rotatable bonds is 8. The van der Waals surface area contributed by atoms with Crippen LogP contribution in [0.4, 0.5) is 0 Å². The molecule has 0 amide bonds. The van der Waals surface area contributed by atoms with Crippen LogP contribution in [0.5, 0.6) is 0 Å². The van der Waals surface area contributed by atoms with Crippen molar-refractivity contribution in [2.45, 2.75) is 20.4 Å². The van der Waals surface area contributed by atoms with Crippen molar-refractivity contribution in [3.63, 3.8) is 0 Å². The van der Waals surface area contributed by atoms with Gasteiger partial charge in [0.2, 0.25) is 0 Å². The Kier molecular flexibility index (Phi) is 10.0. The Labute approximate surface area is 160 Å². The first-order valence-electron chi connectivity index (χ1n) is 7.86. The van der Waals surface area contributed by atoms with Gasteiger partial charge >= 0.3 is 0 Å². The Morgan fingerprint density at radius 1 is 1.29 bits per heavy atom. The van der Waals surface area contributed by atoms with E-state index in [1.807, 2.05) is 36.7 Å². The summed E-state index contributed by atoms with van der Waals surface area (Å²) in [6.45, 7) is 7.55. The largest absolute Gasteiger partial charge is 0.380 e. The van der Waals surface area contributed by atoms with Gasteiger partial charge in [0.15, 0.2) is 5.96 Å². The third kappa shape index (κ3) is 6.83. The quantitative estimate of drug-likeness (QED) is 0.282. The summed E-state index contributed by atoms with van der Waals surface area (Å²) in [4.78, 5) is 13.0. The van der Waals surface area contributed by atoms with Crippen LogP contribution in [0.25, 0.3) is 5.82 Å². The highest BCUT2D eigenvalue weighted by Gasteiger charge is 2.01. The van der Waals surface area contributed by atoms with E-state index in [0.29, 0.717) is 13.2 Å². The highest BCUT2D eigenvalue weighted by Crippen LogP contribution is 2.07. The number of nitrogens with one attached hydrogen (secondary N) is 2. The number of hydrogen-bond acceptors (Lipinski definition) is 4. The molecule has 2 aromatic rings. The molecule has 0 unspecified atom stereocenters. The molecule has 0 aliphatic heterocycles. The van der Waals surface area contributed by atoms with E-state index >= 15 is 0 Å². The minimum absolute atomic E-state index is 0. The fourth-order valence-electron chi connectivity index (χ4n) is 1.99. The summed E-state index contributed by atoms with van der Waals surface area (Å²) in [6.07, 6.45) is 7.12. The molecule has 0 bridgehead atoms. The predicted molar refractivity (Wildman–Crippen MR) is 106 cm³/mol. The molecule has 7 nitrogen and oxygen atoms in total. The summed E-state index contributed by atoms with van der Waals surface area (Å²) in [5.41, 5.74) is 1.09. The lowest BCUT2D eigenvalue weighted by molar-refractivity contribution is 0.152. The lowest BCUT2D eigenvalue weighted by Crippen LogP contribution is -2.39. The molecule has 2 heterocycles. The first kappa shape index (κ1) is 20.4. The number of hydrogen-bond donors (Lipinski definition) is 2. The van der Waals surface area contributed by atoms with Gasteiger partial charge in [0, 0.05) is 38.3 Å². The predicted octanol–water partition coefficient (Wildman–Crippen LogP) is 1.98. The van der Waals surface area contributed by atoms with Gasteiger partial charge in [-0.15, -0.1) is 24.0 Å². The lowest BCUT2D eigenvalue weighted by Gasteiger charge is -2.11. The van der Waals surface area contributed by atoms with Crippen LogP contribution in [-0.2, 0) is 11.3 Å². The van der Waals surface area contributed by atoms with Gasteiger partial charge in [0.05, 0.1) is 13.2 Å². The van der Waals surface area contributed by atoms with Gasteiger partial charge in [-0.3, -0.25) is 4.57 Å². The Morgan fingerprint density at radius 3 is 2.88 bits per heavy atom. The monoisotopic (exact) mass is 444 g/mol. The SMILES string of the molecule is CCNC(=NCc1ccnc(-n2ccnc2)c1)NCCOCC.I. The van der Waals surface area contributed by atoms with E-state index in [1.54, 1.807) is 18.7 Å². The van der Waals surface area contributed by atoms with E-state index in [9.17, 15) is 0 Å². The number of halogens is 1. The number of aromatic nitrogens is 3. The third-order valence-electron chi connectivity index (χ3n) is 3.09. The molecule has 2 N–H and O–H groups in total. The van der Waals surface area contributed by atoms with Crippen molar-refractivity contribution >= 4 is 29.9 Å². The molecule has 0 fully saturated rings. The van der Waals surface area contributed by atoms with E-state index in [4.69, 9.17) is 4.74 Å². The van der Waals surface area contributed by atoms with Crippen LogP contribution in [-0.4, -0.2) is 46.8 Å². The molecule has 2 rings (SSSR count). The highest BCUT2D eigenvalue weighted by atomic mass is 127. The van der Waals surface area contributed by atoms with E-state index in [-0.39, 0.29) is 24.0 Å². The van der Waals surface area contributed by atoms with E-state index in [0.717, 1.165) is 37.0 Å². The molecule has 0 spiro atoms. The molecule has 0 aliphatic carbocycles. The number of nitrogens with zero attached hydrogens (tertiary/aromatic N) is 4. The molecular formula is C16H25IN6O. The molecule has 0 saturated heterocycles. The third-order valence-corrected chi connectivity index (χ3v) is 3.09. The number of pyridine rings is 1. The van der Waals surface area contributed by atoms with E-state index < -0.39 is 0 Å². The van der Waals surface area contributed by atoms with Crippen LogP contribution in [0.3, 0.4) is 0 Å². The lowest BCUT2D eigenvalue weighted by atomic mass is 10.2. The summed E-state index contributed by atoms with van der Waals surface area (Å²) in [6, 6.07) is 3.97. The van der Waals surface area contributed by atoms with Gasteiger partial charge in [0.1, 0.15) is 12.1 Å². The minimum atomic E-state index is 0. The van der Waals surface area contributed by atoms with Crippen LogP contribution in [0.15, 0.2) is 42.0 Å². The molecule has 0 atom stereocenters. The Morgan fingerprint density at radius 2 is 2.17 bits per heavy atom. The van der Waals surface area contributed by atoms with Crippen LogP contribution in [0.1, 0.15) is 19.4 Å². The number of guanidine groups is 1. The van der Waals surface area contributed by atoms with Crippen molar-refractivity contribution in [2.24, 2.45) is 4.99 Å². The standard InChI is InChI=1S/C16H24N6O.HI/c1-3-18-16(20-8-10-23-4-2)21-12-14-5-6-19-15(11-14)22-9-7-17-13-22;/h5-7,9,11,13H,3-4,8,10,12H2,1-2H3,(H2,18,20,21);1H. The molecule has 0 aromatic carbocycles. The second-order valence-electron chi connectivity index (χ2n) is 4.81. The fourth-order valence-corrected chi connectivity index (χ4v) is 1.99. The number of aliphatic imine (C=N–C) groups is 1. The van der Waals surface area contributed by atoms with E-state index in [1.165, 1.54) is 0 Å². The average Bonchev–Trinajstić information content (AvgIpc) is 3.11. The van der Waals surface area contributed by atoms with E-state index in [2.05, 4.69) is 25.6 Å². The molecule has 132 valence electrons. The van der Waals surface area contributed by atoms with Crippen LogP contribution in [0, 0.1) is 0 Å². The van der Waals surface area contributed by atoms with Crippen LogP contribution in [0.2, 0.25) is 0 Å². The summed E-state index contributed by atoms with van der Waals surface area (Å²) in [7, 11) is 0. The normalized spacial score (nSPS) is 11.0. The zero-order valence-corrected chi connectivity index (χ0v) is 16.4. The van der Waals surface area contributed by atoms with Gasteiger partial charge in [-0.05, 0) is 31.5 Å². The smallest absolute Gasteiger partial charge is 0.191 e. The van der Waals surface area contributed by atoms with Gasteiger partial charge in [-0.1, -0.05) is 0 Å². The first-order chi connectivity index (χ1) is 11.3. The summed E-state index contributed by atoms with van der Waals surface area (Å²) >= 11 is 0. The second-order valence-corrected chi connectivity index (χ2v) is 4.81. The van der Waals surface area contributed by atoms with Gasteiger partial charge in [-0.2, -0.15) is 0 Å². The van der Waals surface area contributed by atoms with Crippen molar-refractivity contribution in [3.05, 3.63) is 42.6 Å². The topological polar surface area (TPSA) is 76.4 Å². The zero-order valence-electron chi connectivity index (χ0n) is 14.1. The summed E-state index contributed by atoms with van der Waals surface area (Å²) < 4.78 is 7.19. The number of imidazole rings is 1. The molecular weight excluding hydrogens is 419 g/mol. The van der Waals surface area contributed by atoms with Crippen molar-refractivity contribution in [2.75, 3.05) is 26.3 Å². The molecule has 2 aromatic heterocycles. The molecule has 0 saturated carbocycles. The highest BCUT2D eigenvalue weighted by molar-refractivity contribution is 14.0. The maximum Gasteiger partial charge on any atom is 0.191 e. The Bertz CT molecular complexity index is 602. The van der Waals surface area contributed by atoms with Gasteiger partial charge in [0.25, 0.3) is 0 Å². The molecule has 0 radical (unpaired) electrons. The maximum atomic E-state index is 5.32.